The highest BCUT2D eigenvalue weighted by Gasteiger charge is 2.32. The number of ether oxygens (including phenoxy) is 2. The fourth-order valence-corrected chi connectivity index (χ4v) is 2.57. The zero-order valence-corrected chi connectivity index (χ0v) is 13.6. The lowest BCUT2D eigenvalue weighted by molar-refractivity contribution is 0.0902. The van der Waals surface area contributed by atoms with Gasteiger partial charge in [-0.25, -0.2) is 0 Å². The highest BCUT2D eigenvalue weighted by atomic mass is 16.5. The van der Waals surface area contributed by atoms with Crippen molar-refractivity contribution in [1.29, 1.82) is 0 Å². The maximum Gasteiger partial charge on any atom is 0.260 e. The minimum Gasteiger partial charge on any atom is -0.482 e. The fraction of sp³-hybridized carbons (Fsp3) is 0.438. The minimum absolute atomic E-state index is 0.0985. The van der Waals surface area contributed by atoms with Crippen molar-refractivity contribution in [3.8, 4) is 5.75 Å². The molecule has 2 aromatic rings. The van der Waals surface area contributed by atoms with Gasteiger partial charge in [0.05, 0.1) is 31.6 Å². The van der Waals surface area contributed by atoms with Gasteiger partial charge in [0.2, 0.25) is 0 Å². The molecule has 2 aromatic heterocycles. The van der Waals surface area contributed by atoms with E-state index in [1.165, 1.54) is 0 Å². The second kappa shape index (κ2) is 6.88. The second-order valence-corrected chi connectivity index (χ2v) is 5.73. The van der Waals surface area contributed by atoms with Gasteiger partial charge in [-0.15, -0.1) is 0 Å². The minimum atomic E-state index is -0.429. The van der Waals surface area contributed by atoms with Crippen LogP contribution in [-0.4, -0.2) is 46.0 Å². The van der Waals surface area contributed by atoms with Crippen molar-refractivity contribution >= 4 is 5.91 Å². The number of H-pyrrole nitrogens is 1. The molecule has 1 saturated heterocycles. The number of aromatic amines is 1. The highest BCUT2D eigenvalue weighted by Crippen LogP contribution is 2.16. The first-order chi connectivity index (χ1) is 11.6. The summed E-state index contributed by atoms with van der Waals surface area (Å²) in [5.74, 6) is 0.180. The first-order valence-corrected chi connectivity index (χ1v) is 7.82. The SMILES string of the molecule is CCc1c[nH]c(=O)c(C(=O)N[C@H]2COC[C@H]2Oc2cnn(C)c2)c1. The molecule has 1 amide bonds. The summed E-state index contributed by atoms with van der Waals surface area (Å²) in [6.07, 6.45) is 5.37. The maximum atomic E-state index is 12.4. The van der Waals surface area contributed by atoms with Crippen LogP contribution in [0.5, 0.6) is 5.75 Å². The summed E-state index contributed by atoms with van der Waals surface area (Å²) in [6, 6.07) is 1.28. The Kier molecular flexibility index (Phi) is 4.66. The molecule has 1 aliphatic rings. The fourth-order valence-electron chi connectivity index (χ4n) is 2.57. The van der Waals surface area contributed by atoms with Gasteiger partial charge in [0.15, 0.2) is 5.75 Å². The molecule has 1 aliphatic heterocycles. The number of aryl methyl sites for hydroxylation is 2. The number of rotatable bonds is 5. The van der Waals surface area contributed by atoms with Gasteiger partial charge in [0, 0.05) is 13.2 Å². The van der Waals surface area contributed by atoms with Crippen molar-refractivity contribution in [3.05, 3.63) is 46.1 Å². The van der Waals surface area contributed by atoms with E-state index in [1.807, 2.05) is 6.92 Å². The Balaban J connectivity index is 1.70. The van der Waals surface area contributed by atoms with Crippen molar-refractivity contribution in [2.45, 2.75) is 25.5 Å². The van der Waals surface area contributed by atoms with Gasteiger partial charge < -0.3 is 19.8 Å². The molecule has 24 heavy (non-hydrogen) atoms. The third kappa shape index (κ3) is 3.48. The first kappa shape index (κ1) is 16.3. The van der Waals surface area contributed by atoms with Crippen molar-refractivity contribution in [2.24, 2.45) is 7.05 Å². The van der Waals surface area contributed by atoms with Gasteiger partial charge in [-0.2, -0.15) is 5.10 Å². The largest absolute Gasteiger partial charge is 0.482 e. The molecule has 8 heteroatoms. The van der Waals surface area contributed by atoms with E-state index in [-0.39, 0.29) is 17.7 Å². The van der Waals surface area contributed by atoms with E-state index in [1.54, 1.807) is 36.4 Å². The van der Waals surface area contributed by atoms with E-state index in [9.17, 15) is 9.59 Å². The summed E-state index contributed by atoms with van der Waals surface area (Å²) < 4.78 is 12.9. The zero-order valence-electron chi connectivity index (χ0n) is 13.6. The summed E-state index contributed by atoms with van der Waals surface area (Å²) in [7, 11) is 1.80. The molecule has 0 aromatic carbocycles. The van der Waals surface area contributed by atoms with Crippen LogP contribution in [0.2, 0.25) is 0 Å². The van der Waals surface area contributed by atoms with Crippen LogP contribution in [0.15, 0.2) is 29.5 Å². The van der Waals surface area contributed by atoms with Crippen molar-refractivity contribution in [1.82, 2.24) is 20.1 Å². The molecule has 3 heterocycles. The Hall–Kier alpha value is -2.61. The van der Waals surface area contributed by atoms with E-state index in [4.69, 9.17) is 9.47 Å². The topological polar surface area (TPSA) is 98.2 Å². The molecule has 0 spiro atoms. The number of pyridine rings is 1. The number of nitrogens with one attached hydrogen (secondary N) is 2. The zero-order chi connectivity index (χ0) is 17.1. The number of carbonyl (C=O) groups excluding carboxylic acids is 1. The van der Waals surface area contributed by atoms with Gasteiger partial charge in [-0.3, -0.25) is 14.3 Å². The lowest BCUT2D eigenvalue weighted by atomic mass is 10.1. The molecule has 2 N–H and O–H groups in total. The van der Waals surface area contributed by atoms with Crippen LogP contribution in [-0.2, 0) is 18.2 Å². The van der Waals surface area contributed by atoms with Crippen LogP contribution in [0.25, 0.3) is 0 Å². The van der Waals surface area contributed by atoms with E-state index < -0.39 is 11.5 Å². The summed E-state index contributed by atoms with van der Waals surface area (Å²) in [5, 5.41) is 6.87. The molecule has 2 atom stereocenters. The van der Waals surface area contributed by atoms with Gasteiger partial charge >= 0.3 is 0 Å². The predicted molar refractivity (Wildman–Crippen MR) is 86.1 cm³/mol. The Labute approximate surface area is 138 Å². The number of amides is 1. The molecule has 1 fully saturated rings. The van der Waals surface area contributed by atoms with Crippen LogP contribution in [0.4, 0.5) is 0 Å². The number of carbonyl (C=O) groups is 1. The quantitative estimate of drug-likeness (QED) is 0.818. The maximum absolute atomic E-state index is 12.4. The van der Waals surface area contributed by atoms with Crippen LogP contribution >= 0.6 is 0 Å². The van der Waals surface area contributed by atoms with Crippen molar-refractivity contribution in [2.75, 3.05) is 13.2 Å². The first-order valence-electron chi connectivity index (χ1n) is 7.82. The average molecular weight is 332 g/mol. The van der Waals surface area contributed by atoms with Crippen molar-refractivity contribution in [3.63, 3.8) is 0 Å². The third-order valence-electron chi connectivity index (χ3n) is 3.93. The molecule has 0 unspecified atom stereocenters. The highest BCUT2D eigenvalue weighted by molar-refractivity contribution is 5.94. The Bertz CT molecular complexity index is 782. The number of hydrogen-bond donors (Lipinski definition) is 2. The molecule has 0 bridgehead atoms. The Morgan fingerprint density at radius 3 is 3.08 bits per heavy atom. The Morgan fingerprint density at radius 2 is 2.38 bits per heavy atom. The summed E-state index contributed by atoms with van der Waals surface area (Å²) in [4.78, 5) is 26.9. The molecule has 0 aliphatic carbocycles. The lowest BCUT2D eigenvalue weighted by Gasteiger charge is -2.19. The van der Waals surface area contributed by atoms with Crippen molar-refractivity contribution < 1.29 is 14.3 Å². The van der Waals surface area contributed by atoms with E-state index >= 15 is 0 Å². The monoisotopic (exact) mass is 332 g/mol. The third-order valence-corrected chi connectivity index (χ3v) is 3.93. The number of hydrogen-bond acceptors (Lipinski definition) is 5. The van der Waals surface area contributed by atoms with Gasteiger partial charge in [0.1, 0.15) is 11.7 Å². The van der Waals surface area contributed by atoms with Crippen LogP contribution in [0.3, 0.4) is 0 Å². The predicted octanol–water partition coefficient (Wildman–Crippen LogP) is 0.247. The van der Waals surface area contributed by atoms with Gasteiger partial charge in [0.25, 0.3) is 11.5 Å². The van der Waals surface area contributed by atoms with E-state index in [2.05, 4.69) is 15.4 Å². The normalized spacial score (nSPS) is 20.1. The molecule has 0 saturated carbocycles. The number of aromatic nitrogens is 3. The van der Waals surface area contributed by atoms with Crippen LogP contribution < -0.4 is 15.6 Å². The molecule has 8 nitrogen and oxygen atoms in total. The Morgan fingerprint density at radius 1 is 1.54 bits per heavy atom. The molecular formula is C16H20N4O4. The summed E-state index contributed by atoms with van der Waals surface area (Å²) in [6.45, 7) is 2.66. The van der Waals surface area contributed by atoms with Gasteiger partial charge in [-0.05, 0) is 18.1 Å². The standard InChI is InChI=1S/C16H20N4O4/c1-3-10-4-12(15(21)17-5-10)16(22)19-13-8-23-9-14(13)24-11-6-18-20(2)7-11/h4-7,13-14H,3,8-9H2,1-2H3,(H,17,21)(H,19,22)/t13-,14+/m0/s1. The molecular weight excluding hydrogens is 312 g/mol. The average Bonchev–Trinajstić information content (AvgIpc) is 3.17. The smallest absolute Gasteiger partial charge is 0.260 e. The van der Waals surface area contributed by atoms with E-state index in [0.717, 1.165) is 12.0 Å². The van der Waals surface area contributed by atoms with E-state index in [0.29, 0.717) is 19.0 Å². The molecule has 0 radical (unpaired) electrons. The van der Waals surface area contributed by atoms with Crippen LogP contribution in [0.1, 0.15) is 22.8 Å². The second-order valence-electron chi connectivity index (χ2n) is 5.73. The molecule has 3 rings (SSSR count). The summed E-state index contributed by atoms with van der Waals surface area (Å²) in [5.41, 5.74) is 0.584. The number of nitrogens with zero attached hydrogens (tertiary/aromatic N) is 2. The molecule has 128 valence electrons. The van der Waals surface area contributed by atoms with Crippen LogP contribution in [0, 0.1) is 0 Å². The lowest BCUT2D eigenvalue weighted by Crippen LogP contribution is -2.46. The van der Waals surface area contributed by atoms with Gasteiger partial charge in [-0.1, -0.05) is 6.92 Å². The summed E-state index contributed by atoms with van der Waals surface area (Å²) >= 11 is 0.